The number of ether oxygens (including phenoxy) is 1. The highest BCUT2D eigenvalue weighted by Crippen LogP contribution is 2.52. The third-order valence-electron chi connectivity index (χ3n) is 6.54. The highest BCUT2D eigenvalue weighted by Gasteiger charge is 2.48. The van der Waals surface area contributed by atoms with E-state index < -0.39 is 23.6 Å². The molecule has 0 saturated carbocycles. The fourth-order valence-corrected chi connectivity index (χ4v) is 4.85. The largest absolute Gasteiger partial charge is 0.471 e. The number of carbonyl (C=O) groups is 3. The van der Waals surface area contributed by atoms with Crippen molar-refractivity contribution in [2.45, 2.75) is 63.1 Å². The van der Waals surface area contributed by atoms with Gasteiger partial charge in [-0.3, -0.25) is 9.59 Å². The molecule has 1 saturated heterocycles. The van der Waals surface area contributed by atoms with E-state index in [0.29, 0.717) is 32.4 Å². The summed E-state index contributed by atoms with van der Waals surface area (Å²) in [4.78, 5) is 39.8. The number of amides is 3. The third-order valence-corrected chi connectivity index (χ3v) is 6.54. The zero-order valence-electron chi connectivity index (χ0n) is 20.0. The van der Waals surface area contributed by atoms with Gasteiger partial charge in [0.25, 0.3) is 0 Å². The van der Waals surface area contributed by atoms with Gasteiger partial charge in [-0.15, -0.1) is 0 Å². The predicted molar refractivity (Wildman–Crippen MR) is 119 cm³/mol. The second kappa shape index (κ2) is 9.46. The molecule has 0 radical (unpaired) electrons. The fraction of sp³-hybridized carbons (Fsp3) is 0.625. The number of rotatable bonds is 4. The topological polar surface area (TPSA) is 79.0 Å². The van der Waals surface area contributed by atoms with Crippen molar-refractivity contribution in [3.8, 4) is 0 Å². The van der Waals surface area contributed by atoms with E-state index >= 15 is 0 Å². The molecule has 1 atom stereocenters. The minimum Gasteiger partial charge on any atom is -0.444 e. The molecule has 1 N–H and O–H groups in total. The molecule has 7 nitrogen and oxygen atoms in total. The molecule has 1 fully saturated rings. The molecule has 1 aromatic rings. The molecule has 0 bridgehead atoms. The van der Waals surface area contributed by atoms with E-state index in [9.17, 15) is 27.6 Å². The Bertz CT molecular complexity index is 934. The summed E-state index contributed by atoms with van der Waals surface area (Å²) >= 11 is 0. The Morgan fingerprint density at radius 3 is 2.35 bits per heavy atom. The maximum Gasteiger partial charge on any atom is 0.471 e. The van der Waals surface area contributed by atoms with Crippen LogP contribution in [0.25, 0.3) is 0 Å². The summed E-state index contributed by atoms with van der Waals surface area (Å²) in [6.07, 6.45) is -3.33. The van der Waals surface area contributed by atoms with Gasteiger partial charge in [0.05, 0.1) is 5.92 Å². The first-order chi connectivity index (χ1) is 15.7. The van der Waals surface area contributed by atoms with Gasteiger partial charge in [-0.2, -0.15) is 13.2 Å². The number of nitrogens with one attached hydrogen (secondary N) is 1. The number of carbonyl (C=O) groups excluding carboxylic acids is 3. The van der Waals surface area contributed by atoms with Crippen molar-refractivity contribution in [1.82, 2.24) is 15.1 Å². The van der Waals surface area contributed by atoms with Crippen molar-refractivity contribution in [1.29, 1.82) is 0 Å². The van der Waals surface area contributed by atoms with Crippen molar-refractivity contribution in [2.75, 3.05) is 33.2 Å². The molecule has 3 amide bonds. The zero-order valence-corrected chi connectivity index (χ0v) is 20.0. The van der Waals surface area contributed by atoms with Crippen molar-refractivity contribution in [3.63, 3.8) is 0 Å². The van der Waals surface area contributed by atoms with E-state index in [-0.39, 0.29) is 30.5 Å². The predicted octanol–water partition coefficient (Wildman–Crippen LogP) is 3.58. The van der Waals surface area contributed by atoms with Gasteiger partial charge in [0.2, 0.25) is 5.91 Å². The van der Waals surface area contributed by atoms with Crippen molar-refractivity contribution in [2.24, 2.45) is 0 Å². The summed E-state index contributed by atoms with van der Waals surface area (Å²) in [5.74, 6) is -2.64. The molecule has 1 heterocycles. The van der Waals surface area contributed by atoms with E-state index in [4.69, 9.17) is 4.74 Å². The van der Waals surface area contributed by atoms with Gasteiger partial charge < -0.3 is 19.9 Å². The molecule has 1 aliphatic carbocycles. The Hall–Kier alpha value is -2.78. The highest BCUT2D eigenvalue weighted by atomic mass is 19.4. The second-order valence-corrected chi connectivity index (χ2v) is 10.1. The average molecular weight is 484 g/mol. The lowest BCUT2D eigenvalue weighted by atomic mass is 9.73. The standard InChI is InChI=1S/C24H32F3N3O4/c1-22(2,3)34-21(33)30-12-9-23(10-13-30)15-17(16-7-5-6-8-18(16)23)19(31)29(4)14-11-28-20(32)24(25,26)27/h5-8,17H,9-15H2,1-4H3,(H,28,32). The van der Waals surface area contributed by atoms with Gasteiger partial charge in [0.15, 0.2) is 0 Å². The van der Waals surface area contributed by atoms with E-state index in [1.54, 1.807) is 10.2 Å². The molecule has 0 aromatic heterocycles. The van der Waals surface area contributed by atoms with Crippen LogP contribution in [-0.2, 0) is 19.7 Å². The third kappa shape index (κ3) is 5.64. The van der Waals surface area contributed by atoms with Gasteiger partial charge in [0, 0.05) is 38.6 Å². The first-order valence-corrected chi connectivity index (χ1v) is 11.4. The van der Waals surface area contributed by atoms with Gasteiger partial charge in [0.1, 0.15) is 5.60 Å². The molecule has 10 heteroatoms. The van der Waals surface area contributed by atoms with E-state index in [0.717, 1.165) is 11.1 Å². The maximum atomic E-state index is 13.2. The number of halogens is 3. The summed E-state index contributed by atoms with van der Waals surface area (Å²) in [5.41, 5.74) is 1.19. The molecule has 34 heavy (non-hydrogen) atoms. The lowest BCUT2D eigenvalue weighted by molar-refractivity contribution is -0.173. The quantitative estimate of drug-likeness (QED) is 0.710. The monoisotopic (exact) mass is 483 g/mol. The summed E-state index contributed by atoms with van der Waals surface area (Å²) < 4.78 is 42.6. The first-order valence-electron chi connectivity index (χ1n) is 11.4. The number of likely N-dealkylation sites (tertiary alicyclic amines) is 1. The van der Waals surface area contributed by atoms with Crippen LogP contribution >= 0.6 is 0 Å². The van der Waals surface area contributed by atoms with Crippen LogP contribution in [0.2, 0.25) is 0 Å². The van der Waals surface area contributed by atoms with Crippen LogP contribution in [0.3, 0.4) is 0 Å². The summed E-state index contributed by atoms with van der Waals surface area (Å²) in [6, 6.07) is 7.75. The Morgan fingerprint density at radius 2 is 1.76 bits per heavy atom. The Labute approximate surface area is 197 Å². The molecule has 3 rings (SSSR count). The normalized spacial score (nSPS) is 19.5. The zero-order chi connectivity index (χ0) is 25.3. The van der Waals surface area contributed by atoms with Crippen LogP contribution in [0.4, 0.5) is 18.0 Å². The number of fused-ring (bicyclic) bond motifs is 2. The molecule has 1 unspecified atom stereocenters. The molecule has 1 spiro atoms. The number of nitrogens with zero attached hydrogens (tertiary/aromatic N) is 2. The van der Waals surface area contributed by atoms with Crippen molar-refractivity contribution < 1.29 is 32.3 Å². The first kappa shape index (κ1) is 25.8. The number of hydrogen-bond acceptors (Lipinski definition) is 4. The summed E-state index contributed by atoms with van der Waals surface area (Å²) in [6.45, 7) is 6.19. The second-order valence-electron chi connectivity index (χ2n) is 10.1. The van der Waals surface area contributed by atoms with E-state index in [1.807, 2.05) is 45.0 Å². The van der Waals surface area contributed by atoms with Crippen LogP contribution < -0.4 is 5.32 Å². The van der Waals surface area contributed by atoms with Gasteiger partial charge in [-0.25, -0.2) is 4.79 Å². The Kier molecular flexibility index (Phi) is 7.19. The average Bonchev–Trinajstić information content (AvgIpc) is 3.06. The van der Waals surface area contributed by atoms with E-state index in [1.165, 1.54) is 11.9 Å². The number of likely N-dealkylation sites (N-methyl/N-ethyl adjacent to an activating group) is 1. The van der Waals surface area contributed by atoms with Crippen LogP contribution in [0.5, 0.6) is 0 Å². The summed E-state index contributed by atoms with van der Waals surface area (Å²) in [7, 11) is 1.53. The lowest BCUT2D eigenvalue weighted by Crippen LogP contribution is -2.46. The smallest absolute Gasteiger partial charge is 0.444 e. The van der Waals surface area contributed by atoms with Crippen LogP contribution in [-0.4, -0.2) is 72.7 Å². The minimum absolute atomic E-state index is 0.0290. The molecule has 1 aliphatic heterocycles. The van der Waals surface area contributed by atoms with Gasteiger partial charge in [-0.05, 0) is 51.2 Å². The van der Waals surface area contributed by atoms with Crippen LogP contribution in [0.1, 0.15) is 57.1 Å². The number of alkyl halides is 3. The molecule has 188 valence electrons. The molecular weight excluding hydrogens is 451 g/mol. The van der Waals surface area contributed by atoms with Gasteiger partial charge in [-0.1, -0.05) is 24.3 Å². The lowest BCUT2D eigenvalue weighted by Gasteiger charge is -2.40. The van der Waals surface area contributed by atoms with Gasteiger partial charge >= 0.3 is 18.2 Å². The Morgan fingerprint density at radius 1 is 1.15 bits per heavy atom. The van der Waals surface area contributed by atoms with Crippen molar-refractivity contribution >= 4 is 17.9 Å². The van der Waals surface area contributed by atoms with Crippen LogP contribution in [0, 0.1) is 0 Å². The van der Waals surface area contributed by atoms with E-state index in [2.05, 4.69) is 0 Å². The number of benzene rings is 1. The SMILES string of the molecule is CN(CCNC(=O)C(F)(F)F)C(=O)C1CC2(CCN(C(=O)OC(C)(C)C)CC2)c2ccccc21. The molecule has 2 aliphatic rings. The van der Waals surface area contributed by atoms with Crippen molar-refractivity contribution in [3.05, 3.63) is 35.4 Å². The fourth-order valence-electron chi connectivity index (χ4n) is 4.85. The Balaban J connectivity index is 1.66. The summed E-state index contributed by atoms with van der Waals surface area (Å²) in [5, 5.41) is 1.80. The molecular formula is C24H32F3N3O4. The minimum atomic E-state index is -4.95. The maximum absolute atomic E-state index is 13.2. The number of hydrogen-bond donors (Lipinski definition) is 1. The highest BCUT2D eigenvalue weighted by molar-refractivity contribution is 5.86. The van der Waals surface area contributed by atoms with Crippen LogP contribution in [0.15, 0.2) is 24.3 Å². The molecule has 1 aromatic carbocycles. The number of piperidine rings is 1.